The summed E-state index contributed by atoms with van der Waals surface area (Å²) in [6.45, 7) is 0. The number of oxazole rings is 1. The van der Waals surface area contributed by atoms with Crippen LogP contribution in [-0.4, -0.2) is 26.6 Å². The Morgan fingerprint density at radius 1 is 1.03 bits per heavy atom. The van der Waals surface area contributed by atoms with Crippen LogP contribution in [-0.2, 0) is 9.84 Å². The molecule has 3 aromatic rings. The molecule has 0 radical (unpaired) electrons. The average molecular weight is 491 g/mol. The highest BCUT2D eigenvalue weighted by atomic mass is 79.9. The molecule has 4 rings (SSSR count). The van der Waals surface area contributed by atoms with E-state index in [-0.39, 0.29) is 27.7 Å². The number of hydrogen-bond acceptors (Lipinski definition) is 6. The Balaban J connectivity index is 1.75. The van der Waals surface area contributed by atoms with E-state index < -0.39 is 9.84 Å². The van der Waals surface area contributed by atoms with E-state index in [9.17, 15) is 8.42 Å². The first-order chi connectivity index (χ1) is 14.5. The molecule has 0 unspecified atom stereocenters. The summed E-state index contributed by atoms with van der Waals surface area (Å²) in [6.07, 6.45) is 5.40. The third kappa shape index (κ3) is 4.39. The Morgan fingerprint density at radius 2 is 1.70 bits per heavy atom. The van der Waals surface area contributed by atoms with Gasteiger partial charge in [-0.2, -0.15) is 4.98 Å². The standard InChI is InChI=1S/C22H23BrN2O4S/c1-28-18-11-7-15(8-12-18)20-25-22(21(29-20)24-17-5-3-2-4-6-17)30(26,27)19-13-9-16(23)10-14-19/h7-14,17,24H,2-6H2,1H3. The molecule has 0 atom stereocenters. The van der Waals surface area contributed by atoms with Crippen molar-refractivity contribution in [2.75, 3.05) is 12.4 Å². The van der Waals surface area contributed by atoms with Gasteiger partial charge in [0.25, 0.3) is 0 Å². The van der Waals surface area contributed by atoms with Crippen LogP contribution in [0.4, 0.5) is 5.88 Å². The fourth-order valence-electron chi connectivity index (χ4n) is 3.59. The number of rotatable bonds is 6. The van der Waals surface area contributed by atoms with E-state index in [1.165, 1.54) is 6.42 Å². The molecule has 1 fully saturated rings. The minimum atomic E-state index is -3.85. The van der Waals surface area contributed by atoms with Crippen molar-refractivity contribution in [3.05, 3.63) is 53.0 Å². The molecule has 2 aromatic carbocycles. The summed E-state index contributed by atoms with van der Waals surface area (Å²) in [7, 11) is -2.26. The second-order valence-electron chi connectivity index (χ2n) is 7.32. The van der Waals surface area contributed by atoms with E-state index in [4.69, 9.17) is 9.15 Å². The average Bonchev–Trinajstić information content (AvgIpc) is 3.19. The normalized spacial score (nSPS) is 15.1. The van der Waals surface area contributed by atoms with Crippen molar-refractivity contribution >= 4 is 31.7 Å². The number of sulfone groups is 1. The number of halogens is 1. The number of aromatic nitrogens is 1. The fraction of sp³-hybridized carbons (Fsp3) is 0.318. The van der Waals surface area contributed by atoms with E-state index in [2.05, 4.69) is 26.2 Å². The Hall–Kier alpha value is -2.32. The highest BCUT2D eigenvalue weighted by Gasteiger charge is 2.30. The van der Waals surface area contributed by atoms with E-state index in [1.807, 2.05) is 0 Å². The molecule has 0 amide bonds. The van der Waals surface area contributed by atoms with E-state index in [0.717, 1.165) is 30.2 Å². The molecular weight excluding hydrogens is 468 g/mol. The molecule has 1 heterocycles. The van der Waals surface area contributed by atoms with Gasteiger partial charge in [0.05, 0.1) is 12.0 Å². The molecule has 30 heavy (non-hydrogen) atoms. The van der Waals surface area contributed by atoms with Crippen LogP contribution in [0.3, 0.4) is 0 Å². The summed E-state index contributed by atoms with van der Waals surface area (Å²) in [5.41, 5.74) is 0.680. The van der Waals surface area contributed by atoms with Gasteiger partial charge >= 0.3 is 0 Å². The van der Waals surface area contributed by atoms with Crippen molar-refractivity contribution in [1.82, 2.24) is 4.98 Å². The predicted octanol–water partition coefficient (Wildman–Crippen LogP) is 5.69. The summed E-state index contributed by atoms with van der Waals surface area (Å²) in [4.78, 5) is 4.58. The van der Waals surface area contributed by atoms with Gasteiger partial charge in [-0.25, -0.2) is 8.42 Å². The quantitative estimate of drug-likeness (QED) is 0.477. The molecule has 0 spiro atoms. The van der Waals surface area contributed by atoms with Gasteiger partial charge < -0.3 is 14.5 Å². The Morgan fingerprint density at radius 3 is 2.33 bits per heavy atom. The van der Waals surface area contributed by atoms with Crippen LogP contribution >= 0.6 is 15.9 Å². The number of ether oxygens (including phenoxy) is 1. The van der Waals surface area contributed by atoms with Gasteiger partial charge in [-0.1, -0.05) is 35.2 Å². The number of nitrogens with zero attached hydrogens (tertiary/aromatic N) is 1. The molecule has 1 N–H and O–H groups in total. The monoisotopic (exact) mass is 490 g/mol. The molecular formula is C22H23BrN2O4S. The predicted molar refractivity (Wildman–Crippen MR) is 119 cm³/mol. The smallest absolute Gasteiger partial charge is 0.234 e. The minimum Gasteiger partial charge on any atom is -0.497 e. The van der Waals surface area contributed by atoms with Crippen LogP contribution in [0.2, 0.25) is 0 Å². The lowest BCUT2D eigenvalue weighted by molar-refractivity contribution is 0.415. The topological polar surface area (TPSA) is 81.4 Å². The Labute approximate surface area is 184 Å². The third-order valence-electron chi connectivity index (χ3n) is 5.25. The fourth-order valence-corrected chi connectivity index (χ4v) is 5.12. The largest absolute Gasteiger partial charge is 0.497 e. The van der Waals surface area contributed by atoms with Crippen molar-refractivity contribution in [2.45, 2.75) is 48.1 Å². The third-order valence-corrected chi connectivity index (χ3v) is 7.46. The van der Waals surface area contributed by atoms with Crippen LogP contribution in [0.1, 0.15) is 32.1 Å². The number of hydrogen-bond donors (Lipinski definition) is 1. The van der Waals surface area contributed by atoms with E-state index >= 15 is 0 Å². The highest BCUT2D eigenvalue weighted by Crippen LogP contribution is 2.35. The number of anilines is 1. The van der Waals surface area contributed by atoms with Gasteiger partial charge in [0.1, 0.15) is 5.75 Å². The summed E-state index contributed by atoms with van der Waals surface area (Å²) >= 11 is 3.34. The van der Waals surface area contributed by atoms with Crippen molar-refractivity contribution in [1.29, 1.82) is 0 Å². The summed E-state index contributed by atoms with van der Waals surface area (Å²) < 4.78 is 38.7. The first kappa shape index (κ1) is 20.9. The molecule has 0 bridgehead atoms. The molecule has 1 saturated carbocycles. The first-order valence-electron chi connectivity index (χ1n) is 9.90. The number of nitrogens with one attached hydrogen (secondary N) is 1. The van der Waals surface area contributed by atoms with Crippen LogP contribution in [0.15, 0.2) is 67.3 Å². The van der Waals surface area contributed by atoms with Crippen molar-refractivity contribution < 1.29 is 17.6 Å². The second-order valence-corrected chi connectivity index (χ2v) is 10.1. The molecule has 6 nitrogen and oxygen atoms in total. The van der Waals surface area contributed by atoms with Crippen LogP contribution in [0, 0.1) is 0 Å². The van der Waals surface area contributed by atoms with Crippen LogP contribution in [0.25, 0.3) is 11.5 Å². The van der Waals surface area contributed by atoms with Crippen molar-refractivity contribution in [3.8, 4) is 17.2 Å². The van der Waals surface area contributed by atoms with E-state index in [1.54, 1.807) is 55.6 Å². The highest BCUT2D eigenvalue weighted by molar-refractivity contribution is 9.10. The van der Waals surface area contributed by atoms with Gasteiger partial charge in [-0.3, -0.25) is 0 Å². The molecule has 1 aromatic heterocycles. The number of benzene rings is 2. The van der Waals surface area contributed by atoms with Crippen molar-refractivity contribution in [2.24, 2.45) is 0 Å². The molecule has 158 valence electrons. The summed E-state index contributed by atoms with van der Waals surface area (Å²) in [5.74, 6) is 1.16. The minimum absolute atomic E-state index is 0.0822. The Kier molecular flexibility index (Phi) is 6.15. The maximum atomic E-state index is 13.4. The van der Waals surface area contributed by atoms with Gasteiger partial charge in [-0.05, 0) is 61.4 Å². The molecule has 1 aliphatic rings. The molecule has 1 aliphatic carbocycles. The lowest BCUT2D eigenvalue weighted by Crippen LogP contribution is -2.23. The van der Waals surface area contributed by atoms with Gasteiger partial charge in [-0.15, -0.1) is 0 Å². The first-order valence-corrected chi connectivity index (χ1v) is 12.2. The Bertz CT molecular complexity index is 1100. The van der Waals surface area contributed by atoms with Crippen LogP contribution in [0.5, 0.6) is 5.75 Å². The zero-order valence-corrected chi connectivity index (χ0v) is 19.0. The lowest BCUT2D eigenvalue weighted by Gasteiger charge is -2.22. The lowest BCUT2D eigenvalue weighted by atomic mass is 9.96. The SMILES string of the molecule is COc1ccc(-c2nc(S(=O)(=O)c3ccc(Br)cc3)c(NC3CCCCC3)o2)cc1. The van der Waals surface area contributed by atoms with Gasteiger partial charge in [0.2, 0.25) is 26.6 Å². The second kappa shape index (κ2) is 8.81. The van der Waals surface area contributed by atoms with Crippen molar-refractivity contribution in [3.63, 3.8) is 0 Å². The van der Waals surface area contributed by atoms with E-state index in [0.29, 0.717) is 11.3 Å². The van der Waals surface area contributed by atoms with Crippen LogP contribution < -0.4 is 10.1 Å². The summed E-state index contributed by atoms with van der Waals surface area (Å²) in [5, 5.41) is 3.22. The maximum Gasteiger partial charge on any atom is 0.234 e. The molecule has 0 saturated heterocycles. The van der Waals surface area contributed by atoms with Gasteiger partial charge in [0.15, 0.2) is 0 Å². The maximum absolute atomic E-state index is 13.4. The zero-order valence-electron chi connectivity index (χ0n) is 16.6. The molecule has 8 heteroatoms. The zero-order chi connectivity index (χ0) is 21.1. The van der Waals surface area contributed by atoms with Gasteiger partial charge in [0, 0.05) is 16.1 Å². The number of methoxy groups -OCH3 is 1. The summed E-state index contributed by atoms with van der Waals surface area (Å²) in [6, 6.07) is 13.9. The molecule has 0 aliphatic heterocycles.